The molecule has 1 saturated heterocycles. The van der Waals surface area contributed by atoms with Gasteiger partial charge in [-0.25, -0.2) is 13.2 Å². The average Bonchev–Trinajstić information content (AvgIpc) is 2.77. The summed E-state index contributed by atoms with van der Waals surface area (Å²) in [7, 11) is -3.10. The summed E-state index contributed by atoms with van der Waals surface area (Å²) in [5.41, 5.74) is 1.14. The highest BCUT2D eigenvalue weighted by Crippen LogP contribution is 2.21. The van der Waals surface area contributed by atoms with E-state index in [0.717, 1.165) is 6.08 Å². The summed E-state index contributed by atoms with van der Waals surface area (Å²) in [5.74, 6) is -1.96. The summed E-state index contributed by atoms with van der Waals surface area (Å²) >= 11 is 0. The molecule has 0 aliphatic carbocycles. The zero-order chi connectivity index (χ0) is 15.5. The van der Waals surface area contributed by atoms with Crippen LogP contribution in [0.1, 0.15) is 12.0 Å². The van der Waals surface area contributed by atoms with Crippen molar-refractivity contribution in [3.05, 3.63) is 35.9 Å². The first kappa shape index (κ1) is 15.2. The Labute approximate surface area is 122 Å². The quantitative estimate of drug-likeness (QED) is 0.813. The standard InChI is InChI=1S/C14H15NO5S/c16-13(17)5-4-10-2-1-3-12(8-10)15-14(18)11-6-7-21(19,20)9-11/h1-5,8,11H,6-7,9H2,(H,15,18)(H,16,17)/b5-4+. The van der Waals surface area contributed by atoms with Gasteiger partial charge in [-0.3, -0.25) is 4.79 Å². The van der Waals surface area contributed by atoms with Crippen molar-refractivity contribution in [1.82, 2.24) is 0 Å². The van der Waals surface area contributed by atoms with Crippen molar-refractivity contribution in [3.63, 3.8) is 0 Å². The van der Waals surface area contributed by atoms with Gasteiger partial charge in [0, 0.05) is 11.8 Å². The van der Waals surface area contributed by atoms with E-state index in [0.29, 0.717) is 17.7 Å². The third kappa shape index (κ3) is 4.42. The molecule has 1 amide bonds. The Balaban J connectivity index is 2.04. The third-order valence-corrected chi connectivity index (χ3v) is 4.94. The van der Waals surface area contributed by atoms with E-state index in [1.807, 2.05) is 0 Å². The lowest BCUT2D eigenvalue weighted by atomic mass is 10.1. The van der Waals surface area contributed by atoms with Crippen LogP contribution in [0.4, 0.5) is 5.69 Å². The number of carbonyl (C=O) groups excluding carboxylic acids is 1. The summed E-state index contributed by atoms with van der Waals surface area (Å²) in [6.45, 7) is 0. The van der Waals surface area contributed by atoms with Gasteiger partial charge in [0.2, 0.25) is 5.91 Å². The number of carboxylic acids is 1. The Morgan fingerprint density at radius 3 is 2.71 bits per heavy atom. The lowest BCUT2D eigenvalue weighted by Gasteiger charge is -2.09. The Bertz CT molecular complexity index is 693. The topological polar surface area (TPSA) is 101 Å². The van der Waals surface area contributed by atoms with Crippen LogP contribution in [-0.2, 0) is 19.4 Å². The second-order valence-corrected chi connectivity index (χ2v) is 7.11. The monoisotopic (exact) mass is 309 g/mol. The highest BCUT2D eigenvalue weighted by molar-refractivity contribution is 7.91. The number of carboxylic acid groups (broad SMARTS) is 1. The molecule has 2 N–H and O–H groups in total. The number of benzene rings is 1. The molecule has 7 heteroatoms. The normalized spacial score (nSPS) is 20.5. The molecule has 21 heavy (non-hydrogen) atoms. The van der Waals surface area contributed by atoms with Gasteiger partial charge in [-0.05, 0) is 30.2 Å². The van der Waals surface area contributed by atoms with Crippen molar-refractivity contribution in [3.8, 4) is 0 Å². The van der Waals surface area contributed by atoms with Crippen molar-refractivity contribution < 1.29 is 23.1 Å². The van der Waals surface area contributed by atoms with Gasteiger partial charge < -0.3 is 10.4 Å². The second kappa shape index (κ2) is 6.09. The van der Waals surface area contributed by atoms with E-state index in [1.54, 1.807) is 24.3 Å². The highest BCUT2D eigenvalue weighted by atomic mass is 32.2. The molecule has 112 valence electrons. The lowest BCUT2D eigenvalue weighted by molar-refractivity contribution is -0.131. The van der Waals surface area contributed by atoms with E-state index < -0.39 is 21.7 Å². The maximum atomic E-state index is 12.0. The number of nitrogens with one attached hydrogen (secondary N) is 1. The molecule has 1 aromatic rings. The zero-order valence-corrected chi connectivity index (χ0v) is 12.0. The fourth-order valence-electron chi connectivity index (χ4n) is 2.13. The molecular weight excluding hydrogens is 294 g/mol. The minimum atomic E-state index is -3.10. The van der Waals surface area contributed by atoms with E-state index in [4.69, 9.17) is 5.11 Å². The smallest absolute Gasteiger partial charge is 0.328 e. The van der Waals surface area contributed by atoms with Crippen LogP contribution in [0.3, 0.4) is 0 Å². The highest BCUT2D eigenvalue weighted by Gasteiger charge is 2.32. The Morgan fingerprint density at radius 1 is 1.33 bits per heavy atom. The van der Waals surface area contributed by atoms with Crippen LogP contribution >= 0.6 is 0 Å². The average molecular weight is 309 g/mol. The van der Waals surface area contributed by atoms with Crippen LogP contribution in [-0.4, -0.2) is 36.9 Å². The van der Waals surface area contributed by atoms with E-state index in [9.17, 15) is 18.0 Å². The number of sulfone groups is 1. The fraction of sp³-hybridized carbons (Fsp3) is 0.286. The van der Waals surface area contributed by atoms with Crippen molar-refractivity contribution >= 4 is 33.5 Å². The molecule has 6 nitrogen and oxygen atoms in total. The first-order chi connectivity index (χ1) is 9.85. The number of carbonyl (C=O) groups is 2. The number of amides is 1. The van der Waals surface area contributed by atoms with E-state index in [1.165, 1.54) is 6.08 Å². The molecule has 1 aliphatic heterocycles. The van der Waals surface area contributed by atoms with Crippen LogP contribution in [0.2, 0.25) is 0 Å². The maximum absolute atomic E-state index is 12.0. The lowest BCUT2D eigenvalue weighted by Crippen LogP contribution is -2.23. The summed E-state index contributed by atoms with van der Waals surface area (Å²) in [5, 5.41) is 11.2. The van der Waals surface area contributed by atoms with Crippen molar-refractivity contribution in [1.29, 1.82) is 0 Å². The predicted octanol–water partition coefficient (Wildman–Crippen LogP) is 1.16. The van der Waals surface area contributed by atoms with Gasteiger partial charge in [-0.2, -0.15) is 0 Å². The molecule has 1 unspecified atom stereocenters. The largest absolute Gasteiger partial charge is 0.478 e. The molecule has 0 saturated carbocycles. The first-order valence-electron chi connectivity index (χ1n) is 6.38. The Hall–Kier alpha value is -2.15. The van der Waals surface area contributed by atoms with Crippen molar-refractivity contribution in [2.75, 3.05) is 16.8 Å². The van der Waals surface area contributed by atoms with Crippen LogP contribution < -0.4 is 5.32 Å². The van der Waals surface area contributed by atoms with Gasteiger partial charge in [0.25, 0.3) is 0 Å². The first-order valence-corrected chi connectivity index (χ1v) is 8.20. The summed E-state index contributed by atoms with van der Waals surface area (Å²) in [4.78, 5) is 22.4. The van der Waals surface area contributed by atoms with E-state index in [-0.39, 0.29) is 17.4 Å². The molecule has 0 bridgehead atoms. The Morgan fingerprint density at radius 2 is 2.10 bits per heavy atom. The number of hydrogen-bond acceptors (Lipinski definition) is 4. The predicted molar refractivity (Wildman–Crippen MR) is 78.5 cm³/mol. The van der Waals surface area contributed by atoms with Crippen LogP contribution in [0.5, 0.6) is 0 Å². The van der Waals surface area contributed by atoms with Gasteiger partial charge in [0.05, 0.1) is 17.4 Å². The van der Waals surface area contributed by atoms with Gasteiger partial charge in [-0.15, -0.1) is 0 Å². The zero-order valence-electron chi connectivity index (χ0n) is 11.2. The summed E-state index contributed by atoms with van der Waals surface area (Å²) < 4.78 is 22.7. The molecule has 2 rings (SSSR count). The fourth-order valence-corrected chi connectivity index (χ4v) is 3.88. The number of aliphatic carboxylic acids is 1. The van der Waals surface area contributed by atoms with Crippen LogP contribution in [0.25, 0.3) is 6.08 Å². The molecule has 1 aromatic carbocycles. The molecule has 1 atom stereocenters. The Kier molecular flexibility index (Phi) is 4.42. The summed E-state index contributed by atoms with van der Waals surface area (Å²) in [6.07, 6.45) is 2.76. The van der Waals surface area contributed by atoms with Crippen LogP contribution in [0, 0.1) is 5.92 Å². The van der Waals surface area contributed by atoms with Crippen molar-refractivity contribution in [2.45, 2.75) is 6.42 Å². The number of rotatable bonds is 4. The number of anilines is 1. The third-order valence-electron chi connectivity index (χ3n) is 3.18. The van der Waals surface area contributed by atoms with Crippen LogP contribution in [0.15, 0.2) is 30.3 Å². The summed E-state index contributed by atoms with van der Waals surface area (Å²) in [6, 6.07) is 6.68. The molecular formula is C14H15NO5S. The maximum Gasteiger partial charge on any atom is 0.328 e. The minimum Gasteiger partial charge on any atom is -0.478 e. The molecule has 0 aromatic heterocycles. The molecule has 1 heterocycles. The van der Waals surface area contributed by atoms with Gasteiger partial charge in [0.1, 0.15) is 0 Å². The van der Waals surface area contributed by atoms with E-state index >= 15 is 0 Å². The van der Waals surface area contributed by atoms with Gasteiger partial charge in [-0.1, -0.05) is 12.1 Å². The molecule has 1 aliphatic rings. The second-order valence-electron chi connectivity index (χ2n) is 4.89. The molecule has 1 fully saturated rings. The minimum absolute atomic E-state index is 0.0481. The molecule has 0 radical (unpaired) electrons. The van der Waals surface area contributed by atoms with E-state index in [2.05, 4.69) is 5.32 Å². The van der Waals surface area contributed by atoms with Crippen molar-refractivity contribution in [2.24, 2.45) is 5.92 Å². The van der Waals surface area contributed by atoms with Gasteiger partial charge >= 0.3 is 5.97 Å². The van der Waals surface area contributed by atoms with Gasteiger partial charge in [0.15, 0.2) is 9.84 Å². The number of hydrogen-bond donors (Lipinski definition) is 2. The molecule has 0 spiro atoms. The SMILES string of the molecule is O=C(O)/C=C/c1cccc(NC(=O)C2CCS(=O)(=O)C2)c1.